The molecule has 3 saturated carbocycles. The van der Waals surface area contributed by atoms with Gasteiger partial charge in [-0.1, -0.05) is 46.3 Å². The Morgan fingerprint density at radius 3 is 2.48 bits per heavy atom. The number of aliphatic hydroxyl groups is 1. The summed E-state index contributed by atoms with van der Waals surface area (Å²) in [4.78, 5) is 25.2. The molecule has 0 radical (unpaired) electrons. The second-order valence-electron chi connectivity index (χ2n) is 12.4. The molecule has 0 unspecified atom stereocenters. The minimum absolute atomic E-state index is 0.105. The van der Waals surface area contributed by atoms with Gasteiger partial charge in [0.25, 0.3) is 0 Å². The Morgan fingerprint density at radius 1 is 1.12 bits per heavy atom. The van der Waals surface area contributed by atoms with Crippen LogP contribution in [0.1, 0.15) is 85.1 Å². The number of hydrogen-bond donors (Lipinski definition) is 1. The zero-order chi connectivity index (χ0) is 24.0. The van der Waals surface area contributed by atoms with E-state index < -0.39 is 22.3 Å². The second kappa shape index (κ2) is 7.07. The van der Waals surface area contributed by atoms with Gasteiger partial charge in [-0.25, -0.2) is 0 Å². The second-order valence-corrected chi connectivity index (χ2v) is 12.4. The molecule has 0 amide bonds. The van der Waals surface area contributed by atoms with Gasteiger partial charge in [-0.15, -0.1) is 0 Å². The van der Waals surface area contributed by atoms with Crippen molar-refractivity contribution in [2.75, 3.05) is 0 Å². The molecule has 1 N–H and O–H groups in total. The monoisotopic (exact) mass is 454 g/mol. The number of ketones is 1. The molecule has 5 nitrogen and oxygen atoms in total. The number of hydrogen-bond acceptors (Lipinski definition) is 5. The molecule has 1 aromatic heterocycles. The van der Waals surface area contributed by atoms with E-state index in [-0.39, 0.29) is 35.2 Å². The van der Waals surface area contributed by atoms with Crippen LogP contribution in [0.2, 0.25) is 0 Å². The lowest BCUT2D eigenvalue weighted by Gasteiger charge is -2.68. The van der Waals surface area contributed by atoms with E-state index in [1.807, 2.05) is 6.07 Å². The smallest absolute Gasteiger partial charge is 0.302 e. The van der Waals surface area contributed by atoms with Gasteiger partial charge >= 0.3 is 5.97 Å². The number of esters is 1. The topological polar surface area (TPSA) is 76.7 Å². The fraction of sp³-hybridized carbons (Fsp3) is 0.714. The Hall–Kier alpha value is -1.88. The first kappa shape index (κ1) is 22.9. The average Bonchev–Trinajstić information content (AvgIpc) is 3.38. The molecule has 8 atom stereocenters. The van der Waals surface area contributed by atoms with Gasteiger partial charge in [0.05, 0.1) is 18.6 Å². The molecule has 4 aliphatic carbocycles. The third-order valence-electron chi connectivity index (χ3n) is 10.8. The van der Waals surface area contributed by atoms with E-state index in [0.717, 1.165) is 18.4 Å². The quantitative estimate of drug-likeness (QED) is 0.476. The van der Waals surface area contributed by atoms with Crippen molar-refractivity contribution in [2.45, 2.75) is 91.8 Å². The summed E-state index contributed by atoms with van der Waals surface area (Å²) < 4.78 is 11.5. The molecule has 5 rings (SSSR count). The largest absolute Gasteiger partial charge is 0.472 e. The molecular formula is C28H38O5. The molecule has 33 heavy (non-hydrogen) atoms. The summed E-state index contributed by atoms with van der Waals surface area (Å²) in [5, 5.41) is 11.8. The Morgan fingerprint density at radius 2 is 1.85 bits per heavy atom. The van der Waals surface area contributed by atoms with Crippen LogP contribution < -0.4 is 0 Å². The van der Waals surface area contributed by atoms with Crippen LogP contribution in [0, 0.1) is 33.5 Å². The molecule has 0 saturated heterocycles. The summed E-state index contributed by atoms with van der Waals surface area (Å²) >= 11 is 0. The molecular weight excluding hydrogens is 416 g/mol. The van der Waals surface area contributed by atoms with Crippen molar-refractivity contribution >= 4 is 11.8 Å². The first-order valence-corrected chi connectivity index (χ1v) is 12.5. The highest BCUT2D eigenvalue weighted by molar-refractivity contribution is 5.85. The lowest BCUT2D eigenvalue weighted by atomic mass is 9.37. The Balaban J connectivity index is 1.65. The normalized spacial score (nSPS) is 46.1. The average molecular weight is 455 g/mol. The van der Waals surface area contributed by atoms with Gasteiger partial charge in [-0.2, -0.15) is 0 Å². The minimum Gasteiger partial charge on any atom is -0.472 e. The van der Waals surface area contributed by atoms with Gasteiger partial charge in [-0.05, 0) is 54.6 Å². The predicted molar refractivity (Wildman–Crippen MR) is 124 cm³/mol. The lowest BCUT2D eigenvalue weighted by Crippen LogP contribution is -2.67. The predicted octanol–water partition coefficient (Wildman–Crippen LogP) is 5.43. The molecule has 4 aliphatic rings. The number of aliphatic hydroxyl groups excluding tert-OH is 1. The highest BCUT2D eigenvalue weighted by Gasteiger charge is 2.70. The summed E-state index contributed by atoms with van der Waals surface area (Å²) in [6, 6.07) is 2.01. The number of carbonyl (C=O) groups is 2. The summed E-state index contributed by atoms with van der Waals surface area (Å²) in [6.45, 7) is 12.4. The fourth-order valence-electron chi connectivity index (χ4n) is 9.02. The van der Waals surface area contributed by atoms with E-state index in [2.05, 4.69) is 40.7 Å². The maximum Gasteiger partial charge on any atom is 0.302 e. The maximum absolute atomic E-state index is 12.9. The first-order chi connectivity index (χ1) is 15.4. The SMILES string of the molecule is CC(=O)O[C@H]1C[C@@H]2[C@@]3(C)CCC(=O)C(C)(C)[C@@H]3C[C@@H](O)[C@@]2(C)C2=CC[C@@H](c3ccoc3)[C@@]21C. The van der Waals surface area contributed by atoms with Crippen LogP contribution in [-0.4, -0.2) is 29.1 Å². The number of ether oxygens (including phenoxy) is 1. The van der Waals surface area contributed by atoms with Gasteiger partial charge in [0.2, 0.25) is 0 Å². The molecule has 0 spiro atoms. The van der Waals surface area contributed by atoms with Crippen molar-refractivity contribution in [1.29, 1.82) is 0 Å². The van der Waals surface area contributed by atoms with Crippen molar-refractivity contribution in [2.24, 2.45) is 33.5 Å². The van der Waals surface area contributed by atoms with Crippen LogP contribution >= 0.6 is 0 Å². The van der Waals surface area contributed by atoms with Crippen molar-refractivity contribution in [3.8, 4) is 0 Å². The van der Waals surface area contributed by atoms with Crippen LogP contribution in [0.25, 0.3) is 0 Å². The molecule has 5 heteroatoms. The maximum atomic E-state index is 12.9. The highest BCUT2D eigenvalue weighted by Crippen LogP contribution is 2.73. The summed E-state index contributed by atoms with van der Waals surface area (Å²) in [7, 11) is 0. The van der Waals surface area contributed by atoms with Crippen LogP contribution in [0.4, 0.5) is 0 Å². The van der Waals surface area contributed by atoms with Crippen LogP contribution in [0.5, 0.6) is 0 Å². The molecule has 1 aromatic rings. The molecule has 180 valence electrons. The van der Waals surface area contributed by atoms with Crippen molar-refractivity contribution in [3.63, 3.8) is 0 Å². The van der Waals surface area contributed by atoms with Gasteiger partial charge in [-0.3, -0.25) is 9.59 Å². The van der Waals surface area contributed by atoms with E-state index in [4.69, 9.17) is 9.15 Å². The zero-order valence-corrected chi connectivity index (χ0v) is 20.8. The van der Waals surface area contributed by atoms with E-state index >= 15 is 0 Å². The zero-order valence-electron chi connectivity index (χ0n) is 20.8. The van der Waals surface area contributed by atoms with Crippen LogP contribution in [-0.2, 0) is 14.3 Å². The first-order valence-electron chi connectivity index (χ1n) is 12.5. The van der Waals surface area contributed by atoms with Gasteiger partial charge in [0.1, 0.15) is 11.9 Å². The van der Waals surface area contributed by atoms with Crippen molar-refractivity contribution in [3.05, 3.63) is 35.8 Å². The standard InChI is InChI=1S/C28H38O5/c1-16(29)33-24-14-21-26(4)11-9-22(30)25(2,3)20(26)13-23(31)28(21,6)19-8-7-18(27(19,24)5)17-10-12-32-15-17/h8,10,12,15,18,20-21,23-24,31H,7,9,11,13-14H2,1-6H3/t18-,20-,21+,23+,24-,26-,27-,28-/m0/s1. The summed E-state index contributed by atoms with van der Waals surface area (Å²) in [6.07, 6.45) is 8.56. The van der Waals surface area contributed by atoms with E-state index in [0.29, 0.717) is 25.0 Å². The number of allylic oxidation sites excluding steroid dienone is 1. The molecule has 1 heterocycles. The fourth-order valence-corrected chi connectivity index (χ4v) is 9.02. The molecule has 0 bridgehead atoms. The van der Waals surface area contributed by atoms with E-state index in [9.17, 15) is 14.7 Å². The summed E-state index contributed by atoms with van der Waals surface area (Å²) in [5.41, 5.74) is 0.930. The third kappa shape index (κ3) is 2.81. The molecule has 0 aromatic carbocycles. The van der Waals surface area contributed by atoms with Crippen LogP contribution in [0.3, 0.4) is 0 Å². The number of rotatable bonds is 2. The summed E-state index contributed by atoms with van der Waals surface area (Å²) in [5.74, 6) is 0.402. The minimum atomic E-state index is -0.544. The van der Waals surface area contributed by atoms with E-state index in [1.54, 1.807) is 12.5 Å². The van der Waals surface area contributed by atoms with Gasteiger partial charge in [0, 0.05) is 35.5 Å². The van der Waals surface area contributed by atoms with Gasteiger partial charge in [0.15, 0.2) is 0 Å². The Bertz CT molecular complexity index is 1010. The lowest BCUT2D eigenvalue weighted by molar-refractivity contribution is -0.209. The molecule has 3 fully saturated rings. The van der Waals surface area contributed by atoms with Crippen LogP contribution in [0.15, 0.2) is 34.7 Å². The van der Waals surface area contributed by atoms with Crippen molar-refractivity contribution < 1.29 is 23.8 Å². The Labute approximate surface area is 197 Å². The highest BCUT2D eigenvalue weighted by atomic mass is 16.5. The molecule has 0 aliphatic heterocycles. The number of furan rings is 1. The van der Waals surface area contributed by atoms with E-state index in [1.165, 1.54) is 12.5 Å². The van der Waals surface area contributed by atoms with Gasteiger partial charge < -0.3 is 14.3 Å². The number of carbonyl (C=O) groups excluding carboxylic acids is 2. The van der Waals surface area contributed by atoms with Crippen molar-refractivity contribution in [1.82, 2.24) is 0 Å². The number of Topliss-reactive ketones (excluding diaryl/α,β-unsaturated/α-hetero) is 1. The Kier molecular flexibility index (Phi) is 4.90. The third-order valence-corrected chi connectivity index (χ3v) is 10.8. The number of fused-ring (bicyclic) bond motifs is 5.